The Balaban J connectivity index is 2.91. The minimum Gasteiger partial charge on any atom is -0.329 e. The largest absolute Gasteiger partial charge is 0.329 e. The normalized spacial score (nSPS) is 13.3. The Labute approximate surface area is 87.9 Å². The number of hydrogen-bond donors (Lipinski definition) is 1. The fourth-order valence-corrected chi connectivity index (χ4v) is 1.78. The van der Waals surface area contributed by atoms with Crippen LogP contribution < -0.4 is 5.73 Å². The predicted molar refractivity (Wildman–Crippen MR) is 59.6 cm³/mol. The molecule has 0 bridgehead atoms. The molecule has 0 aliphatic rings. The van der Waals surface area contributed by atoms with E-state index < -0.39 is 0 Å². The fraction of sp³-hybridized carbons (Fsp3) is 0.400. The number of halogens is 1. The van der Waals surface area contributed by atoms with Gasteiger partial charge in [0.15, 0.2) is 0 Å². The molecule has 0 radical (unpaired) electrons. The van der Waals surface area contributed by atoms with Crippen molar-refractivity contribution in [3.05, 3.63) is 34.3 Å². The maximum atomic E-state index is 5.70. The molecule has 1 atom stereocenters. The molecule has 0 amide bonds. The molecular formula is C10H15BrN2. The van der Waals surface area contributed by atoms with E-state index in [0.29, 0.717) is 12.6 Å². The number of nitrogens with two attached hydrogens (primary N) is 1. The van der Waals surface area contributed by atoms with E-state index in [0.717, 1.165) is 4.47 Å². The fourth-order valence-electron chi connectivity index (χ4n) is 1.36. The van der Waals surface area contributed by atoms with Crippen molar-refractivity contribution >= 4 is 15.9 Å². The number of likely N-dealkylation sites (N-methyl/N-ethyl adjacent to an activating group) is 1. The number of hydrogen-bond acceptors (Lipinski definition) is 2. The summed E-state index contributed by atoms with van der Waals surface area (Å²) in [4.78, 5) is 2.13. The van der Waals surface area contributed by atoms with Crippen molar-refractivity contribution in [2.24, 2.45) is 5.73 Å². The minimum atomic E-state index is 0.303. The van der Waals surface area contributed by atoms with Gasteiger partial charge in [-0.15, -0.1) is 0 Å². The van der Waals surface area contributed by atoms with Gasteiger partial charge in [0.1, 0.15) is 0 Å². The average Bonchev–Trinajstić information content (AvgIpc) is 2.04. The second-order valence-corrected chi connectivity index (χ2v) is 4.19. The van der Waals surface area contributed by atoms with E-state index >= 15 is 0 Å². The summed E-state index contributed by atoms with van der Waals surface area (Å²) in [5, 5.41) is 0. The summed E-state index contributed by atoms with van der Waals surface area (Å²) in [6, 6.07) is 8.57. The Bertz CT molecular complexity index is 273. The van der Waals surface area contributed by atoms with Crippen molar-refractivity contribution in [1.29, 1.82) is 0 Å². The second-order valence-electron chi connectivity index (χ2n) is 3.27. The molecule has 1 aromatic carbocycles. The average molecular weight is 243 g/mol. The van der Waals surface area contributed by atoms with Gasteiger partial charge in [-0.3, -0.25) is 0 Å². The molecule has 0 spiro atoms. The van der Waals surface area contributed by atoms with Crippen LogP contribution in [0, 0.1) is 0 Å². The number of benzene rings is 1. The number of nitrogens with zero attached hydrogens (tertiary/aromatic N) is 1. The van der Waals surface area contributed by atoms with Gasteiger partial charge in [0.2, 0.25) is 0 Å². The van der Waals surface area contributed by atoms with Gasteiger partial charge in [0.25, 0.3) is 0 Å². The molecule has 3 heteroatoms. The van der Waals surface area contributed by atoms with Crippen molar-refractivity contribution in [3.63, 3.8) is 0 Å². The third kappa shape index (κ3) is 2.79. The van der Waals surface area contributed by atoms with Crippen molar-refractivity contribution in [2.45, 2.75) is 6.04 Å². The minimum absolute atomic E-state index is 0.303. The van der Waals surface area contributed by atoms with Crippen LogP contribution >= 0.6 is 15.9 Å². The first-order valence-corrected chi connectivity index (χ1v) is 5.06. The van der Waals surface area contributed by atoms with Gasteiger partial charge in [0, 0.05) is 17.1 Å². The van der Waals surface area contributed by atoms with Crippen LogP contribution in [-0.2, 0) is 0 Å². The van der Waals surface area contributed by atoms with Crippen molar-refractivity contribution in [2.75, 3.05) is 20.6 Å². The van der Waals surface area contributed by atoms with Crippen LogP contribution in [0.3, 0.4) is 0 Å². The van der Waals surface area contributed by atoms with Crippen LogP contribution in [0.25, 0.3) is 0 Å². The maximum Gasteiger partial charge on any atom is 0.0465 e. The Kier molecular flexibility index (Phi) is 3.90. The van der Waals surface area contributed by atoms with Crippen LogP contribution in [0.4, 0.5) is 0 Å². The molecule has 13 heavy (non-hydrogen) atoms. The molecule has 0 aliphatic carbocycles. The molecule has 0 fully saturated rings. The van der Waals surface area contributed by atoms with E-state index in [-0.39, 0.29) is 0 Å². The van der Waals surface area contributed by atoms with Crippen LogP contribution in [0.5, 0.6) is 0 Å². The summed E-state index contributed by atoms with van der Waals surface area (Å²) in [7, 11) is 4.08. The molecule has 0 aliphatic heterocycles. The van der Waals surface area contributed by atoms with E-state index in [1.54, 1.807) is 0 Å². The quantitative estimate of drug-likeness (QED) is 0.879. The Morgan fingerprint density at radius 3 is 2.62 bits per heavy atom. The van der Waals surface area contributed by atoms with Gasteiger partial charge in [0.05, 0.1) is 0 Å². The van der Waals surface area contributed by atoms with E-state index in [1.165, 1.54) is 5.56 Å². The van der Waals surface area contributed by atoms with Crippen LogP contribution in [0.2, 0.25) is 0 Å². The molecule has 0 unspecified atom stereocenters. The smallest absolute Gasteiger partial charge is 0.0465 e. The zero-order valence-corrected chi connectivity index (χ0v) is 9.58. The first-order valence-electron chi connectivity index (χ1n) is 4.27. The summed E-state index contributed by atoms with van der Waals surface area (Å²) in [5.74, 6) is 0. The van der Waals surface area contributed by atoms with Gasteiger partial charge in [-0.05, 0) is 31.8 Å². The zero-order chi connectivity index (χ0) is 9.84. The van der Waals surface area contributed by atoms with Gasteiger partial charge in [-0.2, -0.15) is 0 Å². The highest BCUT2D eigenvalue weighted by molar-refractivity contribution is 9.10. The lowest BCUT2D eigenvalue weighted by Gasteiger charge is -2.23. The van der Waals surface area contributed by atoms with Gasteiger partial charge in [-0.25, -0.2) is 0 Å². The Morgan fingerprint density at radius 2 is 2.15 bits per heavy atom. The van der Waals surface area contributed by atoms with E-state index in [1.807, 2.05) is 26.2 Å². The SMILES string of the molecule is CN(C)[C@H](CN)c1cccc(Br)c1. The predicted octanol–water partition coefficient (Wildman–Crippen LogP) is 2.01. The highest BCUT2D eigenvalue weighted by Gasteiger charge is 2.11. The maximum absolute atomic E-state index is 5.70. The topological polar surface area (TPSA) is 29.3 Å². The zero-order valence-electron chi connectivity index (χ0n) is 8.00. The molecule has 2 nitrogen and oxygen atoms in total. The molecule has 0 saturated heterocycles. The lowest BCUT2D eigenvalue weighted by atomic mass is 10.1. The standard InChI is InChI=1S/C10H15BrN2/c1-13(2)10(7-12)8-4-3-5-9(11)6-8/h3-6,10H,7,12H2,1-2H3/t10-/m1/s1. The molecule has 2 N–H and O–H groups in total. The lowest BCUT2D eigenvalue weighted by molar-refractivity contribution is 0.306. The first kappa shape index (κ1) is 10.7. The van der Waals surface area contributed by atoms with Crippen molar-refractivity contribution < 1.29 is 0 Å². The molecule has 0 heterocycles. The highest BCUT2D eigenvalue weighted by Crippen LogP contribution is 2.20. The first-order chi connectivity index (χ1) is 6.15. The summed E-state index contributed by atoms with van der Waals surface area (Å²) in [6.07, 6.45) is 0. The molecular weight excluding hydrogens is 228 g/mol. The highest BCUT2D eigenvalue weighted by atomic mass is 79.9. The number of rotatable bonds is 3. The molecule has 1 rings (SSSR count). The summed E-state index contributed by atoms with van der Waals surface area (Å²) in [5.41, 5.74) is 6.95. The van der Waals surface area contributed by atoms with E-state index in [9.17, 15) is 0 Å². The molecule has 1 aromatic rings. The molecule has 0 aromatic heterocycles. The van der Waals surface area contributed by atoms with Gasteiger partial charge in [-0.1, -0.05) is 28.1 Å². The van der Waals surface area contributed by atoms with E-state index in [4.69, 9.17) is 5.73 Å². The Hall–Kier alpha value is -0.380. The van der Waals surface area contributed by atoms with E-state index in [2.05, 4.69) is 33.0 Å². The summed E-state index contributed by atoms with van der Waals surface area (Å²) >= 11 is 3.45. The van der Waals surface area contributed by atoms with Crippen LogP contribution in [0.1, 0.15) is 11.6 Å². The van der Waals surface area contributed by atoms with Gasteiger partial charge >= 0.3 is 0 Å². The Morgan fingerprint density at radius 1 is 1.46 bits per heavy atom. The molecule has 72 valence electrons. The third-order valence-corrected chi connectivity index (χ3v) is 2.57. The summed E-state index contributed by atoms with van der Waals surface area (Å²) < 4.78 is 1.10. The summed E-state index contributed by atoms with van der Waals surface area (Å²) in [6.45, 7) is 0.642. The van der Waals surface area contributed by atoms with Crippen molar-refractivity contribution in [1.82, 2.24) is 4.90 Å². The lowest BCUT2D eigenvalue weighted by Crippen LogP contribution is -2.27. The molecule has 0 saturated carbocycles. The van der Waals surface area contributed by atoms with Gasteiger partial charge < -0.3 is 10.6 Å². The second kappa shape index (κ2) is 4.74. The monoisotopic (exact) mass is 242 g/mol. The van der Waals surface area contributed by atoms with Crippen LogP contribution in [-0.4, -0.2) is 25.5 Å². The van der Waals surface area contributed by atoms with Crippen molar-refractivity contribution in [3.8, 4) is 0 Å². The third-order valence-electron chi connectivity index (χ3n) is 2.08. The van der Waals surface area contributed by atoms with Crippen LogP contribution in [0.15, 0.2) is 28.7 Å².